The summed E-state index contributed by atoms with van der Waals surface area (Å²) < 4.78 is 13.6. The molecular weight excluding hydrogens is 309 g/mol. The van der Waals surface area contributed by atoms with Gasteiger partial charge in [0.2, 0.25) is 0 Å². The summed E-state index contributed by atoms with van der Waals surface area (Å²) in [6, 6.07) is 14.8. The summed E-state index contributed by atoms with van der Waals surface area (Å²) in [4.78, 5) is 27.9. The molecule has 0 aromatic heterocycles. The average molecular weight is 327 g/mol. The number of urea groups is 1. The third-order valence-corrected chi connectivity index (χ3v) is 3.99. The summed E-state index contributed by atoms with van der Waals surface area (Å²) in [5.41, 5.74) is 0.798. The van der Waals surface area contributed by atoms with Crippen molar-refractivity contribution in [1.29, 1.82) is 0 Å². The number of nitrogens with one attached hydrogen (secondary N) is 1. The zero-order valence-corrected chi connectivity index (χ0v) is 13.1. The van der Waals surface area contributed by atoms with Crippen LogP contribution in [0.4, 0.5) is 14.9 Å². The SMILES string of the molecule is O=C(Nc1ccccc1F)N1CCN(C(=O)c2ccccc2)CC1. The standard InChI is InChI=1S/C18H18FN3O2/c19-15-8-4-5-9-16(15)20-18(24)22-12-10-21(11-13-22)17(23)14-6-2-1-3-7-14/h1-9H,10-13H2,(H,20,24). The van der Waals surface area contributed by atoms with Crippen LogP contribution in [0.5, 0.6) is 0 Å². The molecule has 124 valence electrons. The second kappa shape index (κ2) is 7.12. The second-order valence-electron chi connectivity index (χ2n) is 5.56. The summed E-state index contributed by atoms with van der Waals surface area (Å²) in [7, 11) is 0. The number of halogens is 1. The average Bonchev–Trinajstić information content (AvgIpc) is 2.64. The lowest BCUT2D eigenvalue weighted by molar-refractivity contribution is 0.0671. The molecule has 6 heteroatoms. The minimum Gasteiger partial charge on any atom is -0.335 e. The van der Waals surface area contributed by atoms with Crippen LogP contribution < -0.4 is 5.32 Å². The Hall–Kier alpha value is -2.89. The molecular formula is C18H18FN3O2. The first-order valence-corrected chi connectivity index (χ1v) is 7.80. The number of hydrogen-bond donors (Lipinski definition) is 1. The largest absolute Gasteiger partial charge is 0.335 e. The zero-order chi connectivity index (χ0) is 16.9. The Bertz CT molecular complexity index is 728. The van der Waals surface area contributed by atoms with Crippen LogP contribution in [0.25, 0.3) is 0 Å². The van der Waals surface area contributed by atoms with Crippen molar-refractivity contribution < 1.29 is 14.0 Å². The Morgan fingerprint density at radius 1 is 0.833 bits per heavy atom. The molecule has 5 nitrogen and oxygen atoms in total. The van der Waals surface area contributed by atoms with Gasteiger partial charge in [0.05, 0.1) is 5.69 Å². The van der Waals surface area contributed by atoms with E-state index in [4.69, 9.17) is 0 Å². The highest BCUT2D eigenvalue weighted by Crippen LogP contribution is 2.14. The van der Waals surface area contributed by atoms with Crippen molar-refractivity contribution in [3.05, 3.63) is 66.0 Å². The molecule has 2 aromatic rings. The van der Waals surface area contributed by atoms with Gasteiger partial charge in [-0.25, -0.2) is 9.18 Å². The Morgan fingerprint density at radius 2 is 1.42 bits per heavy atom. The third-order valence-electron chi connectivity index (χ3n) is 3.99. The van der Waals surface area contributed by atoms with Gasteiger partial charge in [-0.15, -0.1) is 0 Å². The van der Waals surface area contributed by atoms with Crippen molar-refractivity contribution in [2.75, 3.05) is 31.5 Å². The predicted molar refractivity (Wildman–Crippen MR) is 89.3 cm³/mol. The molecule has 0 unspecified atom stereocenters. The van der Waals surface area contributed by atoms with Gasteiger partial charge in [0, 0.05) is 31.7 Å². The molecule has 0 atom stereocenters. The Balaban J connectivity index is 1.56. The fraction of sp³-hybridized carbons (Fsp3) is 0.222. The van der Waals surface area contributed by atoms with E-state index in [1.54, 1.807) is 34.1 Å². The van der Waals surface area contributed by atoms with Gasteiger partial charge in [-0.1, -0.05) is 30.3 Å². The molecule has 2 aromatic carbocycles. The quantitative estimate of drug-likeness (QED) is 0.922. The van der Waals surface area contributed by atoms with E-state index in [0.717, 1.165) is 0 Å². The van der Waals surface area contributed by atoms with E-state index in [0.29, 0.717) is 31.7 Å². The minimum atomic E-state index is -0.469. The molecule has 0 radical (unpaired) electrons. The topological polar surface area (TPSA) is 52.7 Å². The van der Waals surface area contributed by atoms with Gasteiger partial charge in [0.1, 0.15) is 5.82 Å². The van der Waals surface area contributed by atoms with Crippen molar-refractivity contribution in [2.24, 2.45) is 0 Å². The number of hydrogen-bond acceptors (Lipinski definition) is 2. The highest BCUT2D eigenvalue weighted by Gasteiger charge is 2.25. The zero-order valence-electron chi connectivity index (χ0n) is 13.1. The molecule has 0 aliphatic carbocycles. The van der Waals surface area contributed by atoms with Crippen LogP contribution in [0, 0.1) is 5.82 Å². The number of para-hydroxylation sites is 1. The Labute approximate surface area is 139 Å². The van der Waals surface area contributed by atoms with E-state index in [1.807, 2.05) is 18.2 Å². The van der Waals surface area contributed by atoms with Gasteiger partial charge < -0.3 is 15.1 Å². The number of benzene rings is 2. The van der Waals surface area contributed by atoms with Crippen molar-refractivity contribution in [3.63, 3.8) is 0 Å². The summed E-state index contributed by atoms with van der Waals surface area (Å²) in [5.74, 6) is -0.506. The molecule has 3 amide bonds. The van der Waals surface area contributed by atoms with Crippen molar-refractivity contribution in [3.8, 4) is 0 Å². The van der Waals surface area contributed by atoms with Gasteiger partial charge in [-0.05, 0) is 24.3 Å². The maximum absolute atomic E-state index is 13.6. The molecule has 3 rings (SSSR count). The minimum absolute atomic E-state index is 0.0373. The molecule has 0 saturated carbocycles. The third kappa shape index (κ3) is 3.53. The molecule has 1 fully saturated rings. The number of carbonyl (C=O) groups excluding carboxylic acids is 2. The van der Waals surface area contributed by atoms with Crippen LogP contribution in [-0.4, -0.2) is 47.9 Å². The van der Waals surface area contributed by atoms with Gasteiger partial charge in [-0.3, -0.25) is 4.79 Å². The first kappa shape index (κ1) is 16.0. The molecule has 1 N–H and O–H groups in total. The molecule has 1 aliphatic heterocycles. The first-order chi connectivity index (χ1) is 11.6. The fourth-order valence-electron chi connectivity index (χ4n) is 2.63. The van der Waals surface area contributed by atoms with Crippen molar-refractivity contribution in [2.45, 2.75) is 0 Å². The molecule has 24 heavy (non-hydrogen) atoms. The lowest BCUT2D eigenvalue weighted by Crippen LogP contribution is -2.51. The highest BCUT2D eigenvalue weighted by atomic mass is 19.1. The maximum Gasteiger partial charge on any atom is 0.322 e. The van der Waals surface area contributed by atoms with E-state index in [2.05, 4.69) is 5.32 Å². The van der Waals surface area contributed by atoms with E-state index < -0.39 is 5.82 Å². The van der Waals surface area contributed by atoms with Gasteiger partial charge in [0.15, 0.2) is 0 Å². The number of carbonyl (C=O) groups is 2. The Kier molecular flexibility index (Phi) is 4.74. The fourth-order valence-corrected chi connectivity index (χ4v) is 2.63. The van der Waals surface area contributed by atoms with Crippen LogP contribution in [-0.2, 0) is 0 Å². The number of amides is 3. The number of anilines is 1. The van der Waals surface area contributed by atoms with E-state index in [9.17, 15) is 14.0 Å². The monoisotopic (exact) mass is 327 g/mol. The molecule has 0 bridgehead atoms. The number of nitrogens with zero attached hydrogens (tertiary/aromatic N) is 2. The van der Waals surface area contributed by atoms with Crippen LogP contribution in [0.15, 0.2) is 54.6 Å². The van der Waals surface area contributed by atoms with Crippen LogP contribution in [0.3, 0.4) is 0 Å². The summed E-state index contributed by atoms with van der Waals surface area (Å²) >= 11 is 0. The van der Waals surface area contributed by atoms with Gasteiger partial charge in [-0.2, -0.15) is 0 Å². The smallest absolute Gasteiger partial charge is 0.322 e. The van der Waals surface area contributed by atoms with Crippen LogP contribution >= 0.6 is 0 Å². The highest BCUT2D eigenvalue weighted by molar-refractivity contribution is 5.94. The molecule has 1 saturated heterocycles. The second-order valence-corrected chi connectivity index (χ2v) is 5.56. The van der Waals surface area contributed by atoms with Crippen LogP contribution in [0.1, 0.15) is 10.4 Å². The normalized spacial score (nSPS) is 14.4. The number of rotatable bonds is 2. The number of piperazine rings is 1. The maximum atomic E-state index is 13.6. The van der Waals surface area contributed by atoms with Crippen molar-refractivity contribution in [1.82, 2.24) is 9.80 Å². The first-order valence-electron chi connectivity index (χ1n) is 7.80. The molecule has 1 heterocycles. The predicted octanol–water partition coefficient (Wildman–Crippen LogP) is 2.82. The summed E-state index contributed by atoms with van der Waals surface area (Å²) in [6.45, 7) is 1.74. The van der Waals surface area contributed by atoms with E-state index >= 15 is 0 Å². The summed E-state index contributed by atoms with van der Waals surface area (Å²) in [5, 5.41) is 2.56. The van der Waals surface area contributed by atoms with Crippen LogP contribution in [0.2, 0.25) is 0 Å². The lowest BCUT2D eigenvalue weighted by Gasteiger charge is -2.34. The van der Waals surface area contributed by atoms with Crippen molar-refractivity contribution >= 4 is 17.6 Å². The van der Waals surface area contributed by atoms with E-state index in [-0.39, 0.29) is 17.6 Å². The summed E-state index contributed by atoms with van der Waals surface area (Å²) in [6.07, 6.45) is 0. The van der Waals surface area contributed by atoms with Gasteiger partial charge in [0.25, 0.3) is 5.91 Å². The Morgan fingerprint density at radius 3 is 2.08 bits per heavy atom. The molecule has 0 spiro atoms. The lowest BCUT2D eigenvalue weighted by atomic mass is 10.2. The van der Waals surface area contributed by atoms with E-state index in [1.165, 1.54) is 12.1 Å². The van der Waals surface area contributed by atoms with Gasteiger partial charge >= 0.3 is 6.03 Å². The molecule has 1 aliphatic rings.